The minimum Gasteiger partial charge on any atom is -0.263 e. The number of nitro groups is 2. The quantitative estimate of drug-likeness (QED) is 0.546. The van der Waals surface area contributed by atoms with Gasteiger partial charge < -0.3 is 0 Å². The normalized spacial score (nSPS) is 21.0. The summed E-state index contributed by atoms with van der Waals surface area (Å²) in [6.45, 7) is 0. The second-order valence-corrected chi connectivity index (χ2v) is 4.43. The Bertz CT molecular complexity index is 396. The van der Waals surface area contributed by atoms with Gasteiger partial charge in [0, 0.05) is 9.85 Å². The highest BCUT2D eigenvalue weighted by atomic mass is 16.6. The topological polar surface area (TPSA) is 134 Å². The number of nitriles is 2. The third kappa shape index (κ3) is 2.23. The molecular formula is C10H12N4O4. The summed E-state index contributed by atoms with van der Waals surface area (Å²) >= 11 is 0. The SMILES string of the molecule is N#C[C@H]([N+](=O)[O-])C1([C@H](C#N)[N+](=O)[O-])CCCCC1. The highest BCUT2D eigenvalue weighted by Crippen LogP contribution is 2.44. The molecule has 1 rings (SSSR count). The standard InChI is InChI=1S/C10H12N4O4/c11-6-8(13(15)16)10(4-2-1-3-5-10)9(7-12)14(17)18/h8-9H,1-5H2/t8-,9-/m0/s1. The molecule has 96 valence electrons. The lowest BCUT2D eigenvalue weighted by molar-refractivity contribution is -0.576. The van der Waals surface area contributed by atoms with E-state index in [9.17, 15) is 20.2 Å². The molecule has 0 heterocycles. The van der Waals surface area contributed by atoms with E-state index in [-0.39, 0.29) is 12.8 Å². The van der Waals surface area contributed by atoms with Crippen molar-refractivity contribution >= 4 is 0 Å². The van der Waals surface area contributed by atoms with Gasteiger partial charge in [-0.1, -0.05) is 19.3 Å². The van der Waals surface area contributed by atoms with Gasteiger partial charge in [-0.25, -0.2) is 0 Å². The van der Waals surface area contributed by atoms with Gasteiger partial charge in [0.25, 0.3) is 0 Å². The molecule has 18 heavy (non-hydrogen) atoms. The minimum absolute atomic E-state index is 0.172. The van der Waals surface area contributed by atoms with Crippen molar-refractivity contribution in [1.82, 2.24) is 0 Å². The highest BCUT2D eigenvalue weighted by Gasteiger charge is 2.59. The van der Waals surface area contributed by atoms with E-state index in [0.717, 1.165) is 6.42 Å². The van der Waals surface area contributed by atoms with Gasteiger partial charge in [0.15, 0.2) is 0 Å². The maximum atomic E-state index is 10.9. The molecule has 0 aromatic heterocycles. The van der Waals surface area contributed by atoms with Gasteiger partial charge in [0.2, 0.25) is 0 Å². The van der Waals surface area contributed by atoms with Gasteiger partial charge in [0.05, 0.1) is 0 Å². The van der Waals surface area contributed by atoms with Crippen LogP contribution in [0.25, 0.3) is 0 Å². The Morgan fingerprint density at radius 2 is 1.33 bits per heavy atom. The maximum absolute atomic E-state index is 10.9. The predicted octanol–water partition coefficient (Wildman–Crippen LogP) is 1.27. The average molecular weight is 252 g/mol. The molecule has 0 amide bonds. The van der Waals surface area contributed by atoms with E-state index in [0.29, 0.717) is 12.8 Å². The molecule has 1 aliphatic carbocycles. The Morgan fingerprint density at radius 1 is 0.944 bits per heavy atom. The number of rotatable bonds is 4. The molecule has 0 radical (unpaired) electrons. The molecule has 0 bridgehead atoms. The summed E-state index contributed by atoms with van der Waals surface area (Å²) in [5.74, 6) is 0. The average Bonchev–Trinajstić information content (AvgIpc) is 2.30. The smallest absolute Gasteiger partial charge is 0.263 e. The van der Waals surface area contributed by atoms with Crippen molar-refractivity contribution in [1.29, 1.82) is 10.5 Å². The Kier molecular flexibility index (Phi) is 4.16. The van der Waals surface area contributed by atoms with Crippen LogP contribution in [0.15, 0.2) is 0 Å². The molecule has 0 aromatic rings. The Balaban J connectivity index is 3.25. The van der Waals surface area contributed by atoms with Crippen molar-refractivity contribution in [3.63, 3.8) is 0 Å². The summed E-state index contributed by atoms with van der Waals surface area (Å²) in [4.78, 5) is 20.2. The van der Waals surface area contributed by atoms with Gasteiger partial charge in [-0.15, -0.1) is 0 Å². The molecule has 0 spiro atoms. The van der Waals surface area contributed by atoms with Crippen LogP contribution >= 0.6 is 0 Å². The zero-order chi connectivity index (χ0) is 13.8. The van der Waals surface area contributed by atoms with E-state index in [1.165, 1.54) is 12.1 Å². The summed E-state index contributed by atoms with van der Waals surface area (Å²) in [6.07, 6.45) is 2.29. The molecular weight excluding hydrogens is 240 g/mol. The number of hydrogen-bond acceptors (Lipinski definition) is 6. The van der Waals surface area contributed by atoms with Crippen LogP contribution in [0.4, 0.5) is 0 Å². The first-order valence-electron chi connectivity index (χ1n) is 5.56. The van der Waals surface area contributed by atoms with E-state index in [2.05, 4.69) is 0 Å². The molecule has 0 N–H and O–H groups in total. The van der Waals surface area contributed by atoms with E-state index < -0.39 is 27.3 Å². The van der Waals surface area contributed by atoms with E-state index in [1.807, 2.05) is 0 Å². The van der Waals surface area contributed by atoms with Crippen molar-refractivity contribution < 1.29 is 9.85 Å². The molecule has 0 unspecified atom stereocenters. The minimum atomic E-state index is -1.70. The van der Waals surface area contributed by atoms with Crippen LogP contribution in [0.1, 0.15) is 32.1 Å². The highest BCUT2D eigenvalue weighted by molar-refractivity contribution is 5.10. The molecule has 1 fully saturated rings. The second-order valence-electron chi connectivity index (χ2n) is 4.43. The molecule has 0 aromatic carbocycles. The van der Waals surface area contributed by atoms with Crippen molar-refractivity contribution in [2.75, 3.05) is 0 Å². The lowest BCUT2D eigenvalue weighted by Gasteiger charge is -2.34. The molecule has 8 nitrogen and oxygen atoms in total. The summed E-state index contributed by atoms with van der Waals surface area (Å²) < 4.78 is 0. The summed E-state index contributed by atoms with van der Waals surface area (Å²) in [5.41, 5.74) is -1.46. The lowest BCUT2D eigenvalue weighted by atomic mass is 9.65. The van der Waals surface area contributed by atoms with E-state index >= 15 is 0 Å². The van der Waals surface area contributed by atoms with Gasteiger partial charge in [-0.05, 0) is 12.8 Å². The fraction of sp³-hybridized carbons (Fsp3) is 0.800. The Labute approximate surface area is 103 Å². The van der Waals surface area contributed by atoms with Crippen molar-refractivity contribution in [2.24, 2.45) is 5.41 Å². The maximum Gasteiger partial charge on any atom is 0.309 e. The van der Waals surface area contributed by atoms with Crippen LogP contribution in [0.3, 0.4) is 0 Å². The molecule has 2 atom stereocenters. The number of hydrogen-bond donors (Lipinski definition) is 0. The van der Waals surface area contributed by atoms with Gasteiger partial charge in [-0.3, -0.25) is 20.2 Å². The molecule has 0 aliphatic heterocycles. The lowest BCUT2D eigenvalue weighted by Crippen LogP contribution is -2.52. The van der Waals surface area contributed by atoms with E-state index in [4.69, 9.17) is 10.5 Å². The number of nitrogens with zero attached hydrogens (tertiary/aromatic N) is 4. The van der Waals surface area contributed by atoms with Crippen molar-refractivity contribution in [3.05, 3.63) is 20.2 Å². The van der Waals surface area contributed by atoms with Gasteiger partial charge in [0.1, 0.15) is 17.6 Å². The van der Waals surface area contributed by atoms with Crippen LogP contribution in [-0.2, 0) is 0 Å². The summed E-state index contributed by atoms with van der Waals surface area (Å²) in [5, 5.41) is 39.7. The Morgan fingerprint density at radius 3 is 1.61 bits per heavy atom. The van der Waals surface area contributed by atoms with Crippen LogP contribution in [-0.4, -0.2) is 21.9 Å². The largest absolute Gasteiger partial charge is 0.309 e. The molecule has 8 heteroatoms. The van der Waals surface area contributed by atoms with Crippen molar-refractivity contribution in [3.8, 4) is 12.1 Å². The van der Waals surface area contributed by atoms with Gasteiger partial charge >= 0.3 is 12.1 Å². The second kappa shape index (κ2) is 5.41. The van der Waals surface area contributed by atoms with Crippen LogP contribution in [0, 0.1) is 48.3 Å². The monoisotopic (exact) mass is 252 g/mol. The third-order valence-electron chi connectivity index (χ3n) is 3.54. The predicted molar refractivity (Wildman–Crippen MR) is 58.3 cm³/mol. The molecule has 1 aliphatic rings. The van der Waals surface area contributed by atoms with Crippen LogP contribution < -0.4 is 0 Å². The molecule has 0 saturated heterocycles. The summed E-state index contributed by atoms with van der Waals surface area (Å²) in [7, 11) is 0. The first-order valence-corrected chi connectivity index (χ1v) is 5.56. The van der Waals surface area contributed by atoms with Crippen molar-refractivity contribution in [2.45, 2.75) is 44.2 Å². The van der Waals surface area contributed by atoms with Gasteiger partial charge in [-0.2, -0.15) is 10.5 Å². The summed E-state index contributed by atoms with van der Waals surface area (Å²) in [6, 6.07) is -0.348. The first-order chi connectivity index (χ1) is 8.49. The van der Waals surface area contributed by atoms with Crippen LogP contribution in [0.5, 0.6) is 0 Å². The third-order valence-corrected chi connectivity index (χ3v) is 3.54. The fourth-order valence-corrected chi connectivity index (χ4v) is 2.68. The van der Waals surface area contributed by atoms with Crippen LogP contribution in [0.2, 0.25) is 0 Å². The first kappa shape index (κ1) is 13.8. The zero-order valence-corrected chi connectivity index (χ0v) is 9.61. The fourth-order valence-electron chi connectivity index (χ4n) is 2.68. The molecule has 1 saturated carbocycles. The van der Waals surface area contributed by atoms with E-state index in [1.54, 1.807) is 0 Å². The Hall–Kier alpha value is -2.22. The zero-order valence-electron chi connectivity index (χ0n) is 9.61.